The van der Waals surface area contributed by atoms with E-state index in [9.17, 15) is 14.7 Å². The van der Waals surface area contributed by atoms with Crippen molar-refractivity contribution in [1.29, 1.82) is 0 Å². The molecule has 2 aromatic rings. The molecule has 0 aliphatic carbocycles. The molecule has 3 rings (SSSR count). The zero-order valence-electron chi connectivity index (χ0n) is 19.4. The third kappa shape index (κ3) is 5.82. The Morgan fingerprint density at radius 3 is 2.73 bits per heavy atom. The number of aromatic nitrogens is 2. The van der Waals surface area contributed by atoms with Gasteiger partial charge in [-0.3, -0.25) is 4.79 Å². The maximum absolute atomic E-state index is 12.8. The van der Waals surface area contributed by atoms with Crippen LogP contribution in [0.4, 0.5) is 16.3 Å². The second-order valence-electron chi connectivity index (χ2n) is 8.22. The molecule has 0 radical (unpaired) electrons. The number of aromatic hydroxyl groups is 1. The van der Waals surface area contributed by atoms with Crippen molar-refractivity contribution in [2.75, 3.05) is 50.5 Å². The van der Waals surface area contributed by atoms with Gasteiger partial charge in [0.2, 0.25) is 5.91 Å². The number of unbranched alkanes of at least 4 members (excludes halogenated alkanes) is 1. The highest BCUT2D eigenvalue weighted by Crippen LogP contribution is 2.32. The number of carbonyl (C=O) groups is 2. The molecule has 178 valence electrons. The van der Waals surface area contributed by atoms with E-state index in [1.54, 1.807) is 30.1 Å². The summed E-state index contributed by atoms with van der Waals surface area (Å²) in [6.07, 6.45) is 1.24. The van der Waals surface area contributed by atoms with Gasteiger partial charge in [-0.25, -0.2) is 4.79 Å². The highest BCUT2D eigenvalue weighted by Gasteiger charge is 2.30. The molecule has 33 heavy (non-hydrogen) atoms. The molecule has 0 spiro atoms. The first kappa shape index (κ1) is 24.1. The largest absolute Gasteiger partial charge is 0.507 e. The lowest BCUT2D eigenvalue weighted by atomic mass is 10.1. The third-order valence-electron chi connectivity index (χ3n) is 5.68. The second kappa shape index (κ2) is 10.8. The molecule has 1 aliphatic heterocycles. The Balaban J connectivity index is 1.64. The number of nitrogens with zero attached hydrogens (tertiary/aromatic N) is 5. The molecule has 2 heterocycles. The highest BCUT2D eigenvalue weighted by molar-refractivity contribution is 5.83. The average Bonchev–Trinajstić information content (AvgIpc) is 2.79. The molecule has 10 heteroatoms. The molecular weight excluding hydrogens is 424 g/mol. The molecule has 1 aliphatic rings. The van der Waals surface area contributed by atoms with Crippen molar-refractivity contribution in [3.8, 4) is 17.0 Å². The standard InChI is InChI=1S/C23H32N6O4/c1-4-5-12-33-23(32)27(3)15-21(31)29-11-10-28(14-16(29)2)19-13-18(25-26-22(19)24)17-8-6-7-9-20(17)30/h6-9,13,16,30H,4-5,10-12,14-15H2,1-3H3,(H2,24,26). The number of nitrogens with two attached hydrogens (primary N) is 1. The quantitative estimate of drug-likeness (QED) is 0.608. The van der Waals surface area contributed by atoms with Crippen LogP contribution in [0.2, 0.25) is 0 Å². The topological polar surface area (TPSA) is 125 Å². The van der Waals surface area contributed by atoms with E-state index >= 15 is 0 Å². The van der Waals surface area contributed by atoms with Gasteiger partial charge in [-0.2, -0.15) is 0 Å². The van der Waals surface area contributed by atoms with Gasteiger partial charge in [0, 0.05) is 38.3 Å². The minimum Gasteiger partial charge on any atom is -0.507 e. The van der Waals surface area contributed by atoms with Crippen LogP contribution in [0.25, 0.3) is 11.3 Å². The van der Waals surface area contributed by atoms with E-state index in [1.807, 2.05) is 26.0 Å². The molecule has 3 N–H and O–H groups in total. The van der Waals surface area contributed by atoms with Crippen LogP contribution in [0.15, 0.2) is 30.3 Å². The number of phenolic OH excluding ortho intramolecular Hbond substituents is 1. The maximum atomic E-state index is 12.8. The minimum atomic E-state index is -0.490. The van der Waals surface area contributed by atoms with Crippen molar-refractivity contribution < 1.29 is 19.4 Å². The third-order valence-corrected chi connectivity index (χ3v) is 5.68. The first-order valence-electron chi connectivity index (χ1n) is 11.2. The first-order valence-corrected chi connectivity index (χ1v) is 11.2. The molecule has 1 unspecified atom stereocenters. The van der Waals surface area contributed by atoms with Crippen LogP contribution in [0.1, 0.15) is 26.7 Å². The number of ether oxygens (including phenoxy) is 1. The SMILES string of the molecule is CCCCOC(=O)N(C)CC(=O)N1CCN(c2cc(-c3ccccc3O)nnc2N)CC1C. The average molecular weight is 457 g/mol. The summed E-state index contributed by atoms with van der Waals surface area (Å²) in [4.78, 5) is 30.0. The van der Waals surface area contributed by atoms with Crippen molar-refractivity contribution in [2.45, 2.75) is 32.7 Å². The zero-order chi connectivity index (χ0) is 24.0. The van der Waals surface area contributed by atoms with Gasteiger partial charge in [-0.15, -0.1) is 10.2 Å². The molecule has 10 nitrogen and oxygen atoms in total. The predicted molar refractivity (Wildman–Crippen MR) is 126 cm³/mol. The Labute approximate surface area is 193 Å². The summed E-state index contributed by atoms with van der Waals surface area (Å²) < 4.78 is 5.17. The van der Waals surface area contributed by atoms with E-state index in [0.717, 1.165) is 12.8 Å². The van der Waals surface area contributed by atoms with Gasteiger partial charge in [0.1, 0.15) is 12.3 Å². The molecule has 2 amide bonds. The number of likely N-dealkylation sites (N-methyl/N-ethyl adjacent to an activating group) is 1. The van der Waals surface area contributed by atoms with Gasteiger partial charge in [-0.1, -0.05) is 25.5 Å². The van der Waals surface area contributed by atoms with E-state index in [4.69, 9.17) is 10.5 Å². The first-order chi connectivity index (χ1) is 15.8. The van der Waals surface area contributed by atoms with Gasteiger partial charge in [0.15, 0.2) is 5.82 Å². The van der Waals surface area contributed by atoms with E-state index in [1.165, 1.54) is 4.90 Å². The van der Waals surface area contributed by atoms with Crippen LogP contribution in [0.5, 0.6) is 5.75 Å². The lowest BCUT2D eigenvalue weighted by Gasteiger charge is -2.41. The number of anilines is 2. The monoisotopic (exact) mass is 456 g/mol. The molecule has 0 bridgehead atoms. The maximum Gasteiger partial charge on any atom is 0.409 e. The highest BCUT2D eigenvalue weighted by atomic mass is 16.6. The fraction of sp³-hybridized carbons (Fsp3) is 0.478. The Hall–Kier alpha value is -3.56. The van der Waals surface area contributed by atoms with Crippen molar-refractivity contribution in [1.82, 2.24) is 20.0 Å². The number of carbonyl (C=O) groups excluding carboxylic acids is 2. The normalized spacial score (nSPS) is 15.9. The van der Waals surface area contributed by atoms with Gasteiger partial charge in [0.05, 0.1) is 18.0 Å². The zero-order valence-corrected chi connectivity index (χ0v) is 19.4. The van der Waals surface area contributed by atoms with Crippen molar-refractivity contribution >= 4 is 23.5 Å². The fourth-order valence-corrected chi connectivity index (χ4v) is 3.79. The summed E-state index contributed by atoms with van der Waals surface area (Å²) in [6, 6.07) is 8.62. The van der Waals surface area contributed by atoms with Gasteiger partial charge >= 0.3 is 6.09 Å². The predicted octanol–water partition coefficient (Wildman–Crippen LogP) is 2.34. The number of para-hydroxylation sites is 1. The molecular formula is C23H32N6O4. The number of rotatable bonds is 7. The molecule has 0 saturated carbocycles. The molecule has 1 aromatic heterocycles. The molecule has 1 aromatic carbocycles. The number of hydrogen-bond donors (Lipinski definition) is 2. The number of phenols is 1. The second-order valence-corrected chi connectivity index (χ2v) is 8.22. The summed E-state index contributed by atoms with van der Waals surface area (Å²) in [7, 11) is 1.57. The van der Waals surface area contributed by atoms with Crippen LogP contribution >= 0.6 is 0 Å². The lowest BCUT2D eigenvalue weighted by Crippen LogP contribution is -2.56. The Bertz CT molecular complexity index is 985. The summed E-state index contributed by atoms with van der Waals surface area (Å²) in [6.45, 7) is 5.87. The molecule has 1 atom stereocenters. The van der Waals surface area contributed by atoms with Crippen molar-refractivity contribution in [2.24, 2.45) is 0 Å². The van der Waals surface area contributed by atoms with E-state index in [-0.39, 0.29) is 30.1 Å². The molecule has 1 fully saturated rings. The van der Waals surface area contributed by atoms with Crippen LogP contribution in [-0.2, 0) is 9.53 Å². The van der Waals surface area contributed by atoms with E-state index in [2.05, 4.69) is 15.1 Å². The number of nitrogen functional groups attached to an aromatic ring is 1. The van der Waals surface area contributed by atoms with Crippen LogP contribution in [-0.4, -0.2) is 83.0 Å². The molecule has 1 saturated heterocycles. The number of benzene rings is 1. The summed E-state index contributed by atoms with van der Waals surface area (Å²) in [5.74, 6) is 0.271. The number of hydrogen-bond acceptors (Lipinski definition) is 8. The Morgan fingerprint density at radius 1 is 1.27 bits per heavy atom. The fourth-order valence-electron chi connectivity index (χ4n) is 3.79. The summed E-state index contributed by atoms with van der Waals surface area (Å²) >= 11 is 0. The van der Waals surface area contributed by atoms with Gasteiger partial charge in [0.25, 0.3) is 0 Å². The van der Waals surface area contributed by atoms with Crippen LogP contribution < -0.4 is 10.6 Å². The Kier molecular flexibility index (Phi) is 7.92. The van der Waals surface area contributed by atoms with Gasteiger partial charge < -0.3 is 30.3 Å². The van der Waals surface area contributed by atoms with E-state index < -0.39 is 6.09 Å². The lowest BCUT2D eigenvalue weighted by molar-refractivity contribution is -0.134. The number of amides is 2. The van der Waals surface area contributed by atoms with Crippen LogP contribution in [0.3, 0.4) is 0 Å². The van der Waals surface area contributed by atoms with Crippen LogP contribution in [0, 0.1) is 0 Å². The summed E-state index contributed by atoms with van der Waals surface area (Å²) in [5.41, 5.74) is 7.91. The number of piperazine rings is 1. The smallest absolute Gasteiger partial charge is 0.409 e. The Morgan fingerprint density at radius 2 is 2.03 bits per heavy atom. The summed E-state index contributed by atoms with van der Waals surface area (Å²) in [5, 5.41) is 18.4. The van der Waals surface area contributed by atoms with Crippen molar-refractivity contribution in [3.63, 3.8) is 0 Å². The minimum absolute atomic E-state index is 0.0360. The van der Waals surface area contributed by atoms with E-state index in [0.29, 0.717) is 43.2 Å². The van der Waals surface area contributed by atoms with Crippen molar-refractivity contribution in [3.05, 3.63) is 30.3 Å². The van der Waals surface area contributed by atoms with Gasteiger partial charge in [-0.05, 0) is 31.5 Å².